The van der Waals surface area contributed by atoms with E-state index in [1.807, 2.05) is 0 Å². The zero-order chi connectivity index (χ0) is 44.2. The fourth-order valence-electron chi connectivity index (χ4n) is 9.03. The first-order valence-electron chi connectivity index (χ1n) is 19.9. The van der Waals surface area contributed by atoms with Crippen LogP contribution >= 0.6 is 0 Å². The number of aromatic nitrogens is 2. The van der Waals surface area contributed by atoms with Crippen molar-refractivity contribution >= 4 is 53.9 Å². The number of carbonyl (C=O) groups excluding carboxylic acids is 1. The summed E-state index contributed by atoms with van der Waals surface area (Å²) >= 11 is 0. The molecule has 13 nitrogen and oxygen atoms in total. The lowest BCUT2D eigenvalue weighted by Gasteiger charge is -2.46. The van der Waals surface area contributed by atoms with Gasteiger partial charge in [-0.2, -0.15) is 13.2 Å². The van der Waals surface area contributed by atoms with Crippen molar-refractivity contribution in [3.63, 3.8) is 0 Å². The lowest BCUT2D eigenvalue weighted by Crippen LogP contribution is -2.62. The third kappa shape index (κ3) is 11.4. The quantitative estimate of drug-likeness (QED) is 0.0705. The Kier molecular flexibility index (Phi) is 18.7. The smallest absolute Gasteiger partial charge is 0.385 e. The van der Waals surface area contributed by atoms with Crippen LogP contribution in [0.4, 0.5) is 19.0 Å². The monoisotopic (exact) mass is 903 g/mol. The van der Waals surface area contributed by atoms with Gasteiger partial charge in [-0.1, -0.05) is 133 Å². The molecule has 2 rings (SSSR count). The molecule has 1 aliphatic rings. The summed E-state index contributed by atoms with van der Waals surface area (Å²) in [7, 11) is -14.0. The van der Waals surface area contributed by atoms with Gasteiger partial charge >= 0.3 is 11.2 Å². The second kappa shape index (κ2) is 20.5. The van der Waals surface area contributed by atoms with Crippen molar-refractivity contribution in [1.29, 1.82) is 0 Å². The predicted molar refractivity (Wildman–Crippen MR) is 224 cm³/mol. The van der Waals surface area contributed by atoms with Crippen molar-refractivity contribution in [3.8, 4) is 0 Å². The lowest BCUT2D eigenvalue weighted by atomic mass is 10.1. The Bertz CT molecular complexity index is 1580. The number of alkyl halides is 3. The zero-order valence-corrected chi connectivity index (χ0v) is 41.4. The van der Waals surface area contributed by atoms with E-state index in [1.165, 1.54) is 0 Å². The van der Waals surface area contributed by atoms with Gasteiger partial charge in [0.05, 0.1) is 16.6 Å². The van der Waals surface area contributed by atoms with E-state index >= 15 is 0 Å². The van der Waals surface area contributed by atoms with Crippen molar-refractivity contribution in [2.24, 2.45) is 0 Å². The largest absolute Gasteiger partial charge is 0.497 e. The van der Waals surface area contributed by atoms with Gasteiger partial charge in [-0.3, -0.25) is 23.8 Å². The number of hydrogen-bond donors (Lipinski definition) is 2. The van der Waals surface area contributed by atoms with Gasteiger partial charge in [0.2, 0.25) is 21.6 Å². The van der Waals surface area contributed by atoms with E-state index in [1.54, 1.807) is 0 Å². The maximum atomic E-state index is 13.7. The first-order chi connectivity index (χ1) is 26.0. The molecular formula is C36H68F3N3O10SSi4. The molecular weight excluding hydrogens is 836 g/mol. The molecule has 1 amide bonds. The summed E-state index contributed by atoms with van der Waals surface area (Å²) in [6.07, 6.45) is -5.36. The van der Waals surface area contributed by atoms with Crippen LogP contribution in [0.5, 0.6) is 0 Å². The highest BCUT2D eigenvalue weighted by Crippen LogP contribution is 2.46. The number of rotatable bonds is 21. The number of aliphatic hydroxyl groups is 1. The Morgan fingerprint density at radius 1 is 0.860 bits per heavy atom. The van der Waals surface area contributed by atoms with Crippen LogP contribution < -0.4 is 10.6 Å². The molecule has 1 aromatic rings. The van der Waals surface area contributed by atoms with Crippen LogP contribution in [0.25, 0.3) is 0 Å². The Morgan fingerprint density at radius 3 is 1.68 bits per heavy atom. The van der Waals surface area contributed by atoms with Gasteiger partial charge in [-0.25, -0.2) is 28.0 Å². The topological polar surface area (TPSA) is 167 Å². The molecule has 1 fully saturated rings. The number of aromatic amines is 1. The van der Waals surface area contributed by atoms with Crippen LogP contribution in [-0.4, -0.2) is 104 Å². The lowest BCUT2D eigenvalue weighted by molar-refractivity contribution is -0.296. The summed E-state index contributed by atoms with van der Waals surface area (Å²) in [5.41, 5.74) is -5.04. The molecule has 57 heavy (non-hydrogen) atoms. The van der Waals surface area contributed by atoms with Crippen LogP contribution in [0.3, 0.4) is 0 Å². The fourth-order valence-corrected chi connectivity index (χ4v) is 42.5. The standard InChI is InChI=1S/C36H68F3N3O10SSi4/c1-21(2)54(22(3)4)56(25(9)10,26(11)12)51-48-19-29-33(50-52-57(27(13)14,28(15)16)55(23(5)6)24(7)8)32(44)34(49-29)42(30-17-18-40-35(45)41-30)31(43)20-53(46,47)36(37,38)39/h17-18,21-29,32-34,44H,19-20H2,1-16H3,(H,40,41,45)/t29-,32+,33-,34-/m1/s1. The molecule has 0 bridgehead atoms. The van der Waals surface area contributed by atoms with Gasteiger partial charge in [0.15, 0.2) is 12.3 Å². The normalized spacial score (nSPS) is 20.4. The van der Waals surface area contributed by atoms with Crippen molar-refractivity contribution in [2.45, 2.75) is 185 Å². The van der Waals surface area contributed by atoms with Gasteiger partial charge in [0.1, 0.15) is 30.4 Å². The van der Waals surface area contributed by atoms with Gasteiger partial charge in [-0.05, 0) is 28.2 Å². The summed E-state index contributed by atoms with van der Waals surface area (Å²) in [5, 5.41) is 12.1. The van der Waals surface area contributed by atoms with Gasteiger partial charge in [0.25, 0.3) is 9.84 Å². The van der Waals surface area contributed by atoms with Gasteiger partial charge < -0.3 is 9.84 Å². The Morgan fingerprint density at radius 2 is 1.30 bits per heavy atom. The van der Waals surface area contributed by atoms with Crippen molar-refractivity contribution < 1.29 is 55.2 Å². The molecule has 0 unspecified atom stereocenters. The third-order valence-electron chi connectivity index (χ3n) is 11.0. The van der Waals surface area contributed by atoms with E-state index in [2.05, 4.69) is 121 Å². The average molecular weight is 904 g/mol. The number of hydrogen-bond acceptors (Lipinski definition) is 11. The van der Waals surface area contributed by atoms with Crippen LogP contribution in [0.1, 0.15) is 111 Å². The third-order valence-corrected chi connectivity index (χ3v) is 46.5. The summed E-state index contributed by atoms with van der Waals surface area (Å²) in [5.74, 6) is -4.11. The Balaban J connectivity index is 2.79. The fraction of sp³-hybridized carbons (Fsp3) is 0.861. The highest BCUT2D eigenvalue weighted by Gasteiger charge is 2.58. The number of amides is 1. The molecule has 0 saturated carbocycles. The highest BCUT2D eigenvalue weighted by atomic mass is 32.2. The van der Waals surface area contributed by atoms with Crippen LogP contribution in [0.15, 0.2) is 17.1 Å². The number of nitrogens with one attached hydrogen (secondary N) is 1. The van der Waals surface area contributed by atoms with Crippen LogP contribution in [-0.2, 0) is 38.3 Å². The van der Waals surface area contributed by atoms with Crippen molar-refractivity contribution in [3.05, 3.63) is 22.7 Å². The Labute approximate surface area is 343 Å². The number of ether oxygens (including phenoxy) is 1. The number of anilines is 1. The first kappa shape index (κ1) is 51.9. The van der Waals surface area contributed by atoms with Crippen molar-refractivity contribution in [2.75, 3.05) is 17.3 Å². The van der Waals surface area contributed by atoms with Crippen LogP contribution in [0.2, 0.25) is 44.3 Å². The number of sulfone groups is 1. The molecule has 1 aromatic heterocycles. The molecule has 0 aliphatic carbocycles. The van der Waals surface area contributed by atoms with Gasteiger partial charge in [0, 0.05) is 6.20 Å². The molecule has 2 radical (unpaired) electrons. The molecule has 330 valence electrons. The van der Waals surface area contributed by atoms with E-state index in [9.17, 15) is 36.3 Å². The van der Waals surface area contributed by atoms with E-state index in [0.29, 0.717) is 16.0 Å². The maximum absolute atomic E-state index is 13.7. The summed E-state index contributed by atoms with van der Waals surface area (Å²) < 4.78 is 84.9. The average Bonchev–Trinajstić information content (AvgIpc) is 3.34. The summed E-state index contributed by atoms with van der Waals surface area (Å²) in [4.78, 5) is 44.8. The summed E-state index contributed by atoms with van der Waals surface area (Å²) in [6.45, 7) is 34.0. The van der Waals surface area contributed by atoms with E-state index in [0.717, 1.165) is 12.3 Å². The van der Waals surface area contributed by atoms with E-state index < -0.39 is 95.4 Å². The minimum atomic E-state index is -6.00. The SMILES string of the molecule is CC(C)[Si](C(C)C)[Si](OOC[C@H]1O[C@@H](N(C(=O)CS(=O)(=O)C(F)(F)F)c2ccnc(=O)[nH]2)[C@@H](O)[C@@H]1OO[Si](C(C)C)(C(C)C)[Si](C(C)C)C(C)C)(C(C)C)C(C)C. The molecule has 0 aromatic carbocycles. The van der Waals surface area contributed by atoms with Gasteiger partial charge in [-0.15, -0.1) is 0 Å². The van der Waals surface area contributed by atoms with E-state index in [-0.39, 0.29) is 39.9 Å². The zero-order valence-electron chi connectivity index (χ0n) is 36.6. The molecule has 1 aliphatic heterocycles. The number of H-pyrrole nitrogens is 1. The molecule has 2 N–H and O–H groups in total. The second-order valence-electron chi connectivity index (χ2n) is 17.5. The van der Waals surface area contributed by atoms with Crippen molar-refractivity contribution in [1.82, 2.24) is 9.97 Å². The molecule has 21 heteroatoms. The number of nitrogens with zero attached hydrogens (tertiary/aromatic N) is 2. The van der Waals surface area contributed by atoms with Crippen LogP contribution in [0, 0.1) is 0 Å². The molecule has 2 heterocycles. The summed E-state index contributed by atoms with van der Waals surface area (Å²) in [6, 6.07) is 1.08. The number of carbonyl (C=O) groups is 1. The molecule has 0 spiro atoms. The second-order valence-corrected chi connectivity index (χ2v) is 42.2. The first-order valence-corrected chi connectivity index (χ1v) is 31.0. The minimum absolute atomic E-state index is 0.0633. The minimum Gasteiger partial charge on any atom is -0.385 e. The molecule has 4 atom stereocenters. The number of halogens is 3. The maximum Gasteiger partial charge on any atom is 0.497 e. The predicted octanol–water partition coefficient (Wildman–Crippen LogP) is 7.71. The highest BCUT2D eigenvalue weighted by molar-refractivity contribution is 7.92. The number of aliphatic hydroxyl groups excluding tert-OH is 1. The Hall–Kier alpha value is -1.28. The van der Waals surface area contributed by atoms with E-state index in [4.69, 9.17) is 23.7 Å². The molecule has 1 saturated heterocycles.